The van der Waals surface area contributed by atoms with Crippen molar-refractivity contribution in [1.29, 1.82) is 0 Å². The average molecular weight is 413 g/mol. The van der Waals surface area contributed by atoms with Crippen LogP contribution in [-0.2, 0) is 30.4 Å². The van der Waals surface area contributed by atoms with Crippen LogP contribution in [0.3, 0.4) is 0 Å². The number of carbonyl (C=O) groups is 2. The van der Waals surface area contributed by atoms with Gasteiger partial charge in [0.2, 0.25) is 0 Å². The lowest BCUT2D eigenvalue weighted by molar-refractivity contribution is -0.156. The molecule has 1 rings (SSSR count). The van der Waals surface area contributed by atoms with Crippen LogP contribution in [0, 0.1) is 0 Å². The lowest BCUT2D eigenvalue weighted by Crippen LogP contribution is -2.18. The second kappa shape index (κ2) is 16.4. The van der Waals surface area contributed by atoms with Gasteiger partial charge in [0, 0.05) is 5.02 Å². The first-order chi connectivity index (χ1) is 13.6. The Morgan fingerprint density at radius 3 is 1.93 bits per heavy atom. The first-order valence-corrected chi connectivity index (χ1v) is 10.6. The molecule has 0 aliphatic heterocycles. The number of unbranched alkanes of at least 4 members (excludes halogenated alkanes) is 8. The summed E-state index contributed by atoms with van der Waals surface area (Å²) in [6.45, 7) is 2.25. The van der Waals surface area contributed by atoms with Crippen LogP contribution >= 0.6 is 11.6 Å². The zero-order valence-corrected chi connectivity index (χ0v) is 17.7. The zero-order chi connectivity index (χ0) is 20.5. The molecule has 0 spiro atoms. The van der Waals surface area contributed by atoms with Crippen molar-refractivity contribution in [3.8, 4) is 0 Å². The van der Waals surface area contributed by atoms with Gasteiger partial charge in [-0.2, -0.15) is 0 Å². The number of rotatable bonds is 16. The fourth-order valence-corrected chi connectivity index (χ4v) is 2.77. The topological polar surface area (TPSA) is 61.8 Å². The number of halogens is 1. The van der Waals surface area contributed by atoms with E-state index < -0.39 is 11.9 Å². The minimum Gasteiger partial charge on any atom is -0.464 e. The molecule has 6 heteroatoms. The Hall–Kier alpha value is -1.59. The minimum absolute atomic E-state index is 0.141. The van der Waals surface area contributed by atoms with Gasteiger partial charge >= 0.3 is 11.9 Å². The van der Waals surface area contributed by atoms with Crippen molar-refractivity contribution in [2.24, 2.45) is 0 Å². The molecule has 0 saturated heterocycles. The standard InChI is InChI=1S/C22H33ClO5/c1-2-3-4-5-6-7-8-9-10-15-27-21(24)17-26-18-22(25)28-16-19-11-13-20(23)14-12-19/h11-14H,2-10,15-18H2,1H3. The molecule has 0 atom stereocenters. The molecule has 0 amide bonds. The lowest BCUT2D eigenvalue weighted by Gasteiger charge is -2.07. The van der Waals surface area contributed by atoms with Crippen LogP contribution in [-0.4, -0.2) is 31.8 Å². The molecule has 1 aromatic rings. The van der Waals surface area contributed by atoms with Gasteiger partial charge in [-0.3, -0.25) is 0 Å². The fraction of sp³-hybridized carbons (Fsp3) is 0.636. The zero-order valence-electron chi connectivity index (χ0n) is 16.9. The minimum atomic E-state index is -0.526. The first-order valence-electron chi connectivity index (χ1n) is 10.2. The van der Waals surface area contributed by atoms with E-state index in [-0.39, 0.29) is 19.8 Å². The molecule has 0 N–H and O–H groups in total. The monoisotopic (exact) mass is 412 g/mol. The summed E-state index contributed by atoms with van der Waals surface area (Å²) in [6.07, 6.45) is 10.9. The van der Waals surface area contributed by atoms with Gasteiger partial charge in [-0.25, -0.2) is 9.59 Å². The molecule has 0 saturated carbocycles. The lowest BCUT2D eigenvalue weighted by atomic mass is 10.1. The molecule has 5 nitrogen and oxygen atoms in total. The van der Waals surface area contributed by atoms with E-state index in [9.17, 15) is 9.59 Å². The van der Waals surface area contributed by atoms with Gasteiger partial charge in [-0.05, 0) is 24.1 Å². The van der Waals surface area contributed by atoms with Crippen LogP contribution in [0.1, 0.15) is 70.3 Å². The van der Waals surface area contributed by atoms with E-state index in [4.69, 9.17) is 25.8 Å². The van der Waals surface area contributed by atoms with Gasteiger partial charge < -0.3 is 14.2 Å². The highest BCUT2D eigenvalue weighted by atomic mass is 35.5. The second-order valence-corrected chi connectivity index (χ2v) is 7.27. The van der Waals surface area contributed by atoms with Gasteiger partial charge in [0.1, 0.15) is 19.8 Å². The number of carbonyl (C=O) groups excluding carboxylic acids is 2. The van der Waals surface area contributed by atoms with E-state index in [0.29, 0.717) is 11.6 Å². The Labute approximate surface area is 173 Å². The molecule has 0 heterocycles. The molecule has 158 valence electrons. The van der Waals surface area contributed by atoms with Crippen molar-refractivity contribution < 1.29 is 23.8 Å². The summed E-state index contributed by atoms with van der Waals surface area (Å²) in [5, 5.41) is 0.624. The van der Waals surface area contributed by atoms with E-state index in [1.165, 1.54) is 44.9 Å². The quantitative estimate of drug-likeness (QED) is 0.266. The molecule has 28 heavy (non-hydrogen) atoms. The fourth-order valence-electron chi connectivity index (χ4n) is 2.64. The molecular formula is C22H33ClO5. The van der Waals surface area contributed by atoms with Crippen LogP contribution in [0.4, 0.5) is 0 Å². The Morgan fingerprint density at radius 2 is 1.32 bits per heavy atom. The maximum absolute atomic E-state index is 11.6. The third kappa shape index (κ3) is 13.6. The van der Waals surface area contributed by atoms with Crippen LogP contribution in [0.15, 0.2) is 24.3 Å². The highest BCUT2D eigenvalue weighted by Crippen LogP contribution is 2.11. The molecule has 0 aromatic heterocycles. The summed E-state index contributed by atoms with van der Waals surface area (Å²) in [7, 11) is 0. The highest BCUT2D eigenvalue weighted by molar-refractivity contribution is 6.30. The predicted molar refractivity (Wildman–Crippen MR) is 110 cm³/mol. The molecule has 0 fully saturated rings. The summed E-state index contributed by atoms with van der Waals surface area (Å²) in [5.74, 6) is -0.980. The first kappa shape index (κ1) is 24.4. The molecule has 1 aromatic carbocycles. The van der Waals surface area contributed by atoms with E-state index >= 15 is 0 Å². The number of ether oxygens (including phenoxy) is 3. The van der Waals surface area contributed by atoms with Gasteiger partial charge in [-0.1, -0.05) is 82.0 Å². The smallest absolute Gasteiger partial charge is 0.332 e. The molecule has 0 unspecified atom stereocenters. The van der Waals surface area contributed by atoms with E-state index in [0.717, 1.165) is 18.4 Å². The Morgan fingerprint density at radius 1 is 0.786 bits per heavy atom. The van der Waals surface area contributed by atoms with Gasteiger partial charge in [0.25, 0.3) is 0 Å². The predicted octanol–water partition coefficient (Wildman–Crippen LogP) is 5.47. The average Bonchev–Trinajstić information content (AvgIpc) is 2.69. The molecule has 0 aliphatic rings. The third-order valence-electron chi connectivity index (χ3n) is 4.26. The highest BCUT2D eigenvalue weighted by Gasteiger charge is 2.08. The number of benzene rings is 1. The van der Waals surface area contributed by atoms with Crippen LogP contribution in [0.5, 0.6) is 0 Å². The van der Waals surface area contributed by atoms with Crippen molar-refractivity contribution >= 4 is 23.5 Å². The molecule has 0 aliphatic carbocycles. The van der Waals surface area contributed by atoms with Crippen LogP contribution in [0.2, 0.25) is 5.02 Å². The van der Waals surface area contributed by atoms with Crippen LogP contribution < -0.4 is 0 Å². The summed E-state index contributed by atoms with van der Waals surface area (Å²) < 4.78 is 15.2. The van der Waals surface area contributed by atoms with Crippen LogP contribution in [0.25, 0.3) is 0 Å². The number of hydrogen-bond donors (Lipinski definition) is 0. The summed E-state index contributed by atoms with van der Waals surface area (Å²) >= 11 is 5.79. The normalized spacial score (nSPS) is 10.6. The van der Waals surface area contributed by atoms with Crippen molar-refractivity contribution in [3.05, 3.63) is 34.9 Å². The Bertz CT molecular complexity index is 544. The third-order valence-corrected chi connectivity index (χ3v) is 4.52. The number of esters is 2. The largest absolute Gasteiger partial charge is 0.464 e. The summed E-state index contributed by atoms with van der Waals surface area (Å²) in [5.41, 5.74) is 0.832. The van der Waals surface area contributed by atoms with Crippen molar-refractivity contribution in [3.63, 3.8) is 0 Å². The van der Waals surface area contributed by atoms with E-state index in [1.54, 1.807) is 24.3 Å². The Balaban J connectivity index is 1.91. The van der Waals surface area contributed by atoms with Gasteiger partial charge in [0.05, 0.1) is 6.61 Å². The molecular weight excluding hydrogens is 380 g/mol. The van der Waals surface area contributed by atoms with Gasteiger partial charge in [-0.15, -0.1) is 0 Å². The van der Waals surface area contributed by atoms with E-state index in [2.05, 4.69) is 6.92 Å². The van der Waals surface area contributed by atoms with Gasteiger partial charge in [0.15, 0.2) is 0 Å². The van der Waals surface area contributed by atoms with E-state index in [1.807, 2.05) is 0 Å². The maximum atomic E-state index is 11.6. The maximum Gasteiger partial charge on any atom is 0.332 e. The van der Waals surface area contributed by atoms with Crippen molar-refractivity contribution in [1.82, 2.24) is 0 Å². The Kier molecular flexibility index (Phi) is 14.3. The summed E-state index contributed by atoms with van der Waals surface area (Å²) in [4.78, 5) is 23.1. The molecule has 0 bridgehead atoms. The number of hydrogen-bond acceptors (Lipinski definition) is 5. The van der Waals surface area contributed by atoms with Crippen molar-refractivity contribution in [2.75, 3.05) is 19.8 Å². The second-order valence-electron chi connectivity index (χ2n) is 6.83. The van der Waals surface area contributed by atoms with Crippen molar-refractivity contribution in [2.45, 2.75) is 71.3 Å². The molecule has 0 radical (unpaired) electrons. The SMILES string of the molecule is CCCCCCCCCCCOC(=O)COCC(=O)OCc1ccc(Cl)cc1. The summed E-state index contributed by atoms with van der Waals surface area (Å²) in [6, 6.07) is 7.01.